The van der Waals surface area contributed by atoms with Crippen molar-refractivity contribution in [3.63, 3.8) is 0 Å². The zero-order valence-corrected chi connectivity index (χ0v) is 16.0. The maximum atomic E-state index is 12.3. The van der Waals surface area contributed by atoms with Crippen LogP contribution in [0.4, 0.5) is 5.69 Å². The minimum absolute atomic E-state index is 0.102. The number of amides is 1. The molecule has 0 radical (unpaired) electrons. The van der Waals surface area contributed by atoms with Crippen LogP contribution in [0.25, 0.3) is 0 Å². The van der Waals surface area contributed by atoms with E-state index in [0.717, 1.165) is 31.7 Å². The van der Waals surface area contributed by atoms with Gasteiger partial charge in [0.25, 0.3) is 5.91 Å². The normalized spacial score (nSPS) is 11.6. The summed E-state index contributed by atoms with van der Waals surface area (Å²) in [6.07, 6.45) is 0.771. The van der Waals surface area contributed by atoms with E-state index in [1.807, 2.05) is 54.6 Å². The van der Waals surface area contributed by atoms with Gasteiger partial charge in [-0.2, -0.15) is 0 Å². The van der Waals surface area contributed by atoms with E-state index in [-0.39, 0.29) is 17.9 Å². The van der Waals surface area contributed by atoms with E-state index in [1.54, 1.807) is 0 Å². The van der Waals surface area contributed by atoms with Gasteiger partial charge < -0.3 is 10.4 Å². The molecule has 0 unspecified atom stereocenters. The van der Waals surface area contributed by atoms with Gasteiger partial charge in [0, 0.05) is 37.5 Å². The Labute approximate surface area is 156 Å². The predicted molar refractivity (Wildman–Crippen MR) is 107 cm³/mol. The molecule has 4 heteroatoms. The second kappa shape index (κ2) is 9.51. The summed E-state index contributed by atoms with van der Waals surface area (Å²) < 4.78 is 0. The molecular weight excluding hydrogens is 324 g/mol. The van der Waals surface area contributed by atoms with Crippen molar-refractivity contribution in [1.29, 1.82) is 0 Å². The molecule has 2 rings (SSSR count). The van der Waals surface area contributed by atoms with E-state index in [2.05, 4.69) is 31.0 Å². The van der Waals surface area contributed by atoms with Gasteiger partial charge in [-0.15, -0.1) is 0 Å². The number of aliphatic hydroxyl groups excluding tert-OH is 1. The van der Waals surface area contributed by atoms with Crippen molar-refractivity contribution in [2.45, 2.75) is 33.7 Å². The number of anilines is 1. The van der Waals surface area contributed by atoms with Crippen LogP contribution < -0.4 is 5.32 Å². The summed E-state index contributed by atoms with van der Waals surface area (Å²) in [4.78, 5) is 14.7. The third kappa shape index (κ3) is 6.98. The average Bonchev–Trinajstić information content (AvgIpc) is 2.60. The molecule has 0 fully saturated rings. The van der Waals surface area contributed by atoms with Crippen LogP contribution in [0.1, 0.15) is 43.1 Å². The monoisotopic (exact) mass is 354 g/mol. The van der Waals surface area contributed by atoms with Gasteiger partial charge in [0.05, 0.1) is 0 Å². The molecule has 0 saturated carbocycles. The molecule has 0 spiro atoms. The molecule has 2 aromatic rings. The molecule has 1 amide bonds. The number of carbonyl (C=O) groups is 1. The Morgan fingerprint density at radius 2 is 1.69 bits per heavy atom. The second-order valence-electron chi connectivity index (χ2n) is 7.87. The summed E-state index contributed by atoms with van der Waals surface area (Å²) in [7, 11) is 0. The Hall–Kier alpha value is -2.17. The third-order valence-corrected chi connectivity index (χ3v) is 3.98. The van der Waals surface area contributed by atoms with Crippen LogP contribution in [0.15, 0.2) is 54.6 Å². The molecule has 4 nitrogen and oxygen atoms in total. The standard InChI is InChI=1S/C22H30N2O2/c1-22(2,3)17-24(14-7-15-25)16-18-10-12-19(13-11-18)21(26)23-20-8-5-4-6-9-20/h4-6,8-13,25H,7,14-17H2,1-3H3,(H,23,26). The minimum atomic E-state index is -0.102. The molecule has 2 N–H and O–H groups in total. The molecule has 2 aromatic carbocycles. The highest BCUT2D eigenvalue weighted by atomic mass is 16.3. The summed E-state index contributed by atoms with van der Waals surface area (Å²) >= 11 is 0. The summed E-state index contributed by atoms with van der Waals surface area (Å²) in [6.45, 7) is 9.51. The van der Waals surface area contributed by atoms with Gasteiger partial charge in [-0.05, 0) is 41.7 Å². The van der Waals surface area contributed by atoms with Crippen molar-refractivity contribution >= 4 is 11.6 Å². The molecule has 0 aliphatic heterocycles. The Kier molecular flexibility index (Phi) is 7.37. The van der Waals surface area contributed by atoms with Crippen LogP contribution in [0.2, 0.25) is 0 Å². The third-order valence-electron chi connectivity index (χ3n) is 3.98. The first kappa shape index (κ1) is 20.1. The summed E-state index contributed by atoms with van der Waals surface area (Å²) in [5.74, 6) is -0.102. The van der Waals surface area contributed by atoms with E-state index in [9.17, 15) is 4.79 Å². The lowest BCUT2D eigenvalue weighted by molar-refractivity contribution is 0.102. The predicted octanol–water partition coefficient (Wildman–Crippen LogP) is 4.17. The van der Waals surface area contributed by atoms with Gasteiger partial charge in [0.2, 0.25) is 0 Å². The zero-order chi connectivity index (χ0) is 19.0. The molecule has 0 heterocycles. The number of benzene rings is 2. The molecule has 0 bridgehead atoms. The lowest BCUT2D eigenvalue weighted by atomic mass is 9.95. The van der Waals surface area contributed by atoms with E-state index in [1.165, 1.54) is 5.56 Å². The van der Waals surface area contributed by atoms with Crippen LogP contribution in [0, 0.1) is 5.41 Å². The second-order valence-corrected chi connectivity index (χ2v) is 7.87. The number of nitrogens with zero attached hydrogens (tertiary/aromatic N) is 1. The number of para-hydroxylation sites is 1. The Balaban J connectivity index is 1.99. The van der Waals surface area contributed by atoms with Gasteiger partial charge >= 0.3 is 0 Å². The number of carbonyl (C=O) groups excluding carboxylic acids is 1. The van der Waals surface area contributed by atoms with Gasteiger partial charge in [-0.1, -0.05) is 51.1 Å². The van der Waals surface area contributed by atoms with Crippen LogP contribution in [0.5, 0.6) is 0 Å². The fraction of sp³-hybridized carbons (Fsp3) is 0.409. The highest BCUT2D eigenvalue weighted by molar-refractivity contribution is 6.04. The fourth-order valence-corrected chi connectivity index (χ4v) is 2.92. The first-order valence-electron chi connectivity index (χ1n) is 9.16. The van der Waals surface area contributed by atoms with Crippen molar-refractivity contribution in [2.24, 2.45) is 5.41 Å². The van der Waals surface area contributed by atoms with Gasteiger partial charge in [0.15, 0.2) is 0 Å². The molecule has 0 aliphatic carbocycles. The minimum Gasteiger partial charge on any atom is -0.396 e. The molecule has 0 aliphatic rings. The van der Waals surface area contributed by atoms with E-state index in [0.29, 0.717) is 5.56 Å². The number of hydrogen-bond donors (Lipinski definition) is 2. The molecule has 0 saturated heterocycles. The van der Waals surface area contributed by atoms with Gasteiger partial charge in [0.1, 0.15) is 0 Å². The van der Waals surface area contributed by atoms with Crippen molar-refractivity contribution in [1.82, 2.24) is 4.90 Å². The SMILES string of the molecule is CC(C)(C)CN(CCCO)Cc1ccc(C(=O)Nc2ccccc2)cc1. The molecule has 0 atom stereocenters. The maximum Gasteiger partial charge on any atom is 0.255 e. The highest BCUT2D eigenvalue weighted by Gasteiger charge is 2.16. The first-order valence-corrected chi connectivity index (χ1v) is 9.16. The topological polar surface area (TPSA) is 52.6 Å². The number of hydrogen-bond acceptors (Lipinski definition) is 3. The van der Waals surface area contributed by atoms with Crippen molar-refractivity contribution in [3.05, 3.63) is 65.7 Å². The van der Waals surface area contributed by atoms with Crippen LogP contribution in [-0.2, 0) is 6.54 Å². The molecule has 0 aromatic heterocycles. The maximum absolute atomic E-state index is 12.3. The van der Waals surface area contributed by atoms with Crippen molar-refractivity contribution in [2.75, 3.05) is 25.0 Å². The summed E-state index contributed by atoms with van der Waals surface area (Å²) in [6, 6.07) is 17.2. The molecular formula is C22H30N2O2. The smallest absolute Gasteiger partial charge is 0.255 e. The summed E-state index contributed by atoms with van der Waals surface area (Å²) in [5, 5.41) is 12.0. The zero-order valence-electron chi connectivity index (χ0n) is 16.0. The highest BCUT2D eigenvalue weighted by Crippen LogP contribution is 2.18. The average molecular weight is 354 g/mol. The van der Waals surface area contributed by atoms with Gasteiger partial charge in [-0.25, -0.2) is 0 Å². The van der Waals surface area contributed by atoms with Crippen LogP contribution in [-0.4, -0.2) is 35.6 Å². The molecule has 26 heavy (non-hydrogen) atoms. The van der Waals surface area contributed by atoms with Crippen LogP contribution in [0.3, 0.4) is 0 Å². The number of aliphatic hydroxyl groups is 1. The lowest BCUT2D eigenvalue weighted by Crippen LogP contribution is -2.33. The van der Waals surface area contributed by atoms with Crippen LogP contribution >= 0.6 is 0 Å². The van der Waals surface area contributed by atoms with Crippen molar-refractivity contribution < 1.29 is 9.90 Å². The lowest BCUT2D eigenvalue weighted by Gasteiger charge is -2.30. The van der Waals surface area contributed by atoms with E-state index >= 15 is 0 Å². The Morgan fingerprint density at radius 3 is 2.27 bits per heavy atom. The summed E-state index contributed by atoms with van der Waals surface area (Å²) in [5.41, 5.74) is 2.81. The van der Waals surface area contributed by atoms with Gasteiger partial charge in [-0.3, -0.25) is 9.69 Å². The van der Waals surface area contributed by atoms with E-state index in [4.69, 9.17) is 5.11 Å². The Morgan fingerprint density at radius 1 is 1.04 bits per heavy atom. The Bertz CT molecular complexity index is 676. The first-order chi connectivity index (χ1) is 12.4. The quantitative estimate of drug-likeness (QED) is 0.748. The number of rotatable bonds is 8. The fourth-order valence-electron chi connectivity index (χ4n) is 2.92. The largest absolute Gasteiger partial charge is 0.396 e. The number of nitrogens with one attached hydrogen (secondary N) is 1. The van der Waals surface area contributed by atoms with Crippen molar-refractivity contribution in [3.8, 4) is 0 Å². The molecule has 140 valence electrons. The van der Waals surface area contributed by atoms with E-state index < -0.39 is 0 Å².